The summed E-state index contributed by atoms with van der Waals surface area (Å²) >= 11 is 1.38. The van der Waals surface area contributed by atoms with Crippen LogP contribution in [0.4, 0.5) is 5.13 Å². The molecule has 2 aromatic carbocycles. The Labute approximate surface area is 189 Å². The number of hydrogen-bond donors (Lipinski definition) is 4. The molecule has 5 aromatic rings. The first-order valence-electron chi connectivity index (χ1n) is 10.1. The van der Waals surface area contributed by atoms with Gasteiger partial charge in [0, 0.05) is 22.6 Å². The molecule has 0 atom stereocenters. The monoisotopic (exact) mass is 481 g/mol. The van der Waals surface area contributed by atoms with E-state index in [9.17, 15) is 19.1 Å². The van der Waals surface area contributed by atoms with Gasteiger partial charge in [-0.25, -0.2) is 4.98 Å². The summed E-state index contributed by atoms with van der Waals surface area (Å²) in [6, 6.07) is 12.0. The third kappa shape index (κ3) is 3.65. The quantitative estimate of drug-likeness (QED) is 0.277. The fourth-order valence-corrected chi connectivity index (χ4v) is 5.19. The second-order valence-corrected chi connectivity index (χ2v) is 10.4. The van der Waals surface area contributed by atoms with Crippen molar-refractivity contribution in [2.45, 2.75) is 12.8 Å². The first-order chi connectivity index (χ1) is 15.9. The number of rotatable bonds is 5. The number of anilines is 1. The molecule has 10 nitrogen and oxygen atoms in total. The lowest BCUT2D eigenvalue weighted by Crippen LogP contribution is -2.12. The van der Waals surface area contributed by atoms with Crippen LogP contribution in [0.15, 0.2) is 46.9 Å². The van der Waals surface area contributed by atoms with Crippen molar-refractivity contribution in [3.63, 3.8) is 0 Å². The van der Waals surface area contributed by atoms with Gasteiger partial charge in [0.15, 0.2) is 5.13 Å². The highest BCUT2D eigenvalue weighted by atomic mass is 32.1. The first-order valence-corrected chi connectivity index (χ1v) is 12.5. The second-order valence-electron chi connectivity index (χ2n) is 7.83. The van der Waals surface area contributed by atoms with Gasteiger partial charge in [0.25, 0.3) is 0 Å². The summed E-state index contributed by atoms with van der Waals surface area (Å²) in [6.45, 7) is 0. The van der Waals surface area contributed by atoms with Crippen molar-refractivity contribution in [1.82, 2.24) is 20.4 Å². The lowest BCUT2D eigenvalue weighted by atomic mass is 10.00. The van der Waals surface area contributed by atoms with Gasteiger partial charge in [-0.05, 0) is 43.2 Å². The van der Waals surface area contributed by atoms with E-state index in [2.05, 4.69) is 25.7 Å². The maximum Gasteiger partial charge on any atom is 0.391 e. The molecule has 3 heterocycles. The van der Waals surface area contributed by atoms with Crippen LogP contribution in [0.1, 0.15) is 12.8 Å². The van der Waals surface area contributed by atoms with Crippen LogP contribution in [0.5, 0.6) is 0 Å². The molecule has 1 aliphatic carbocycles. The Bertz CT molecular complexity index is 1600. The molecule has 0 bridgehead atoms. The number of carbonyl (C=O) groups excluding carboxylic acids is 1. The van der Waals surface area contributed by atoms with Crippen molar-refractivity contribution in [2.24, 2.45) is 5.92 Å². The Morgan fingerprint density at radius 3 is 2.73 bits per heavy atom. The highest BCUT2D eigenvalue weighted by molar-refractivity contribution is 7.59. The molecule has 0 saturated heterocycles. The Morgan fingerprint density at radius 1 is 1.12 bits per heavy atom. The van der Waals surface area contributed by atoms with Gasteiger partial charge in [-0.1, -0.05) is 23.5 Å². The molecule has 1 saturated carbocycles. The summed E-state index contributed by atoms with van der Waals surface area (Å²) in [7, 11) is -4.51. The van der Waals surface area contributed by atoms with Crippen molar-refractivity contribution >= 4 is 56.7 Å². The van der Waals surface area contributed by atoms with E-state index in [0.29, 0.717) is 27.5 Å². The molecule has 1 fully saturated rings. The standard InChI is InChI=1S/C21H16N5O5PS/c27-20(10-4-5-10)23-21-22-14-3-1-2-12(19(14)33-21)13-8-11(9-15-18(13)25-26-24-15)16-6-7-17(31-16)32(28,29)30/h1-3,6-10H,4-5H2,(H,22,23,27)(H,24,25,26)(H2,28,29,30). The number of nitrogens with one attached hydrogen (secondary N) is 2. The summed E-state index contributed by atoms with van der Waals surface area (Å²) < 4.78 is 17.9. The number of H-pyrrole nitrogens is 1. The van der Waals surface area contributed by atoms with Gasteiger partial charge >= 0.3 is 7.60 Å². The van der Waals surface area contributed by atoms with E-state index in [4.69, 9.17) is 4.42 Å². The van der Waals surface area contributed by atoms with Crippen molar-refractivity contribution < 1.29 is 23.6 Å². The normalized spacial score (nSPS) is 14.2. The third-order valence-corrected chi connectivity index (χ3v) is 7.30. The van der Waals surface area contributed by atoms with Gasteiger partial charge in [0.2, 0.25) is 11.4 Å². The number of carbonyl (C=O) groups is 1. The Hall–Kier alpha value is -3.37. The Kier molecular flexibility index (Phi) is 4.49. The topological polar surface area (TPSA) is 154 Å². The molecule has 0 unspecified atom stereocenters. The summed E-state index contributed by atoms with van der Waals surface area (Å²) in [4.78, 5) is 35.5. The van der Waals surface area contributed by atoms with E-state index in [1.54, 1.807) is 6.07 Å². The molecule has 12 heteroatoms. The van der Waals surface area contributed by atoms with E-state index in [0.717, 1.165) is 34.2 Å². The molecule has 33 heavy (non-hydrogen) atoms. The van der Waals surface area contributed by atoms with Gasteiger partial charge in [-0.3, -0.25) is 9.36 Å². The van der Waals surface area contributed by atoms with Gasteiger partial charge < -0.3 is 19.5 Å². The van der Waals surface area contributed by atoms with Crippen molar-refractivity contribution in [3.05, 3.63) is 42.5 Å². The molecule has 6 rings (SSSR count). The molecule has 0 aliphatic heterocycles. The zero-order valence-electron chi connectivity index (χ0n) is 16.8. The SMILES string of the molecule is O=C(Nc1nc2cccc(-c3cc(-c4ccc(P(=O)(O)O)o4)cc4n[nH]nc34)c2s1)C1CC1. The predicted molar refractivity (Wildman–Crippen MR) is 123 cm³/mol. The van der Waals surface area contributed by atoms with Crippen LogP contribution in [0.2, 0.25) is 0 Å². The lowest BCUT2D eigenvalue weighted by molar-refractivity contribution is -0.117. The third-order valence-electron chi connectivity index (χ3n) is 5.47. The molecule has 166 valence electrons. The number of fused-ring (bicyclic) bond motifs is 2. The van der Waals surface area contributed by atoms with E-state index in [-0.39, 0.29) is 11.8 Å². The highest BCUT2D eigenvalue weighted by Crippen LogP contribution is 2.41. The van der Waals surface area contributed by atoms with Crippen LogP contribution in [-0.2, 0) is 9.36 Å². The number of hydrogen-bond acceptors (Lipinski definition) is 7. The number of amides is 1. The smallest absolute Gasteiger partial charge is 0.391 e. The summed E-state index contributed by atoms with van der Waals surface area (Å²) in [5.41, 5.74) is 3.73. The van der Waals surface area contributed by atoms with E-state index >= 15 is 0 Å². The predicted octanol–water partition coefficient (Wildman–Crippen LogP) is 3.65. The lowest BCUT2D eigenvalue weighted by Gasteiger charge is -2.06. The average Bonchev–Trinajstić information content (AvgIpc) is 3.15. The first kappa shape index (κ1) is 20.3. The number of aromatic amines is 1. The minimum absolute atomic E-state index is 0.00447. The van der Waals surface area contributed by atoms with Crippen LogP contribution in [0.25, 0.3) is 43.7 Å². The maximum atomic E-state index is 12.2. The largest absolute Gasteiger partial charge is 0.448 e. The summed E-state index contributed by atoms with van der Waals surface area (Å²) in [5.74, 6) is 0.373. The Morgan fingerprint density at radius 2 is 1.97 bits per heavy atom. The van der Waals surface area contributed by atoms with E-state index in [1.165, 1.54) is 23.5 Å². The molecule has 1 aliphatic rings. The Balaban J connectivity index is 1.49. The van der Waals surface area contributed by atoms with Gasteiger partial charge in [0.05, 0.1) is 10.2 Å². The molecular weight excluding hydrogens is 465 g/mol. The summed E-state index contributed by atoms with van der Waals surface area (Å²) in [5, 5.41) is 14.6. The van der Waals surface area contributed by atoms with Crippen LogP contribution < -0.4 is 10.8 Å². The molecule has 3 aromatic heterocycles. The van der Waals surface area contributed by atoms with Crippen LogP contribution in [-0.4, -0.2) is 36.1 Å². The minimum atomic E-state index is -4.51. The second kappa shape index (κ2) is 7.32. The molecule has 4 N–H and O–H groups in total. The maximum absolute atomic E-state index is 12.2. The van der Waals surface area contributed by atoms with Crippen LogP contribution >= 0.6 is 18.9 Å². The number of nitrogens with zero attached hydrogens (tertiary/aromatic N) is 3. The molecule has 1 amide bonds. The van der Waals surface area contributed by atoms with Crippen LogP contribution in [0.3, 0.4) is 0 Å². The number of benzene rings is 2. The molecule has 0 radical (unpaired) electrons. The zero-order valence-corrected chi connectivity index (χ0v) is 18.6. The van der Waals surface area contributed by atoms with Crippen molar-refractivity contribution in [1.29, 1.82) is 0 Å². The fourth-order valence-electron chi connectivity index (χ4n) is 3.71. The number of thiazole rings is 1. The molecular formula is C21H16N5O5PS. The molecule has 0 spiro atoms. The van der Waals surface area contributed by atoms with Crippen molar-refractivity contribution in [3.8, 4) is 22.5 Å². The average molecular weight is 481 g/mol. The van der Waals surface area contributed by atoms with Crippen molar-refractivity contribution in [2.75, 3.05) is 5.32 Å². The van der Waals surface area contributed by atoms with Gasteiger partial charge in [0.1, 0.15) is 16.8 Å². The van der Waals surface area contributed by atoms with Gasteiger partial charge in [-0.2, -0.15) is 15.4 Å². The minimum Gasteiger partial charge on any atom is -0.448 e. The summed E-state index contributed by atoms with van der Waals surface area (Å²) in [6.07, 6.45) is 1.82. The highest BCUT2D eigenvalue weighted by Gasteiger charge is 2.30. The van der Waals surface area contributed by atoms with E-state index < -0.39 is 13.1 Å². The number of aromatic nitrogens is 4. The number of furan rings is 1. The van der Waals surface area contributed by atoms with Gasteiger partial charge in [-0.15, -0.1) is 0 Å². The van der Waals surface area contributed by atoms with Crippen LogP contribution in [0, 0.1) is 5.92 Å². The van der Waals surface area contributed by atoms with E-state index in [1.807, 2.05) is 24.3 Å². The fraction of sp³-hybridized carbons (Fsp3) is 0.143. The zero-order chi connectivity index (χ0) is 22.7.